The number of nitrogens with two attached hydrogens (primary N) is 1. The molecule has 0 aromatic carbocycles. The van der Waals surface area contributed by atoms with Gasteiger partial charge in [-0.1, -0.05) is 0 Å². The molecule has 0 fully saturated rings. The molecule has 0 saturated carbocycles. The van der Waals surface area contributed by atoms with Crippen LogP contribution in [0.3, 0.4) is 0 Å². The van der Waals surface area contributed by atoms with Crippen molar-refractivity contribution < 1.29 is 0 Å². The van der Waals surface area contributed by atoms with Crippen LogP contribution >= 0.6 is 52.5 Å². The van der Waals surface area contributed by atoms with E-state index in [0.29, 0.717) is 0 Å². The van der Waals surface area contributed by atoms with Gasteiger partial charge in [-0.25, -0.2) is 0 Å². The van der Waals surface area contributed by atoms with Gasteiger partial charge in [0.05, 0.1) is 6.34 Å². The zero-order valence-electron chi connectivity index (χ0n) is 4.32. The predicted octanol–water partition coefficient (Wildman–Crippen LogP) is 1.14. The third kappa shape index (κ3) is 47.6. The maximum atomic E-state index is 5.86. The Labute approximate surface area is 149 Å². The van der Waals surface area contributed by atoms with Crippen LogP contribution in [0.2, 0.25) is 0 Å². The number of hydrogen-bond acceptors (Lipinski definition) is 1. The molecule has 0 unspecified atom stereocenters. The molecule has 0 aromatic rings. The second-order valence-corrected chi connectivity index (χ2v) is 28.4. The van der Waals surface area contributed by atoms with Crippen molar-refractivity contribution >= 4 is 143 Å². The van der Waals surface area contributed by atoms with Crippen molar-refractivity contribution in [2.45, 2.75) is 0 Å². The van der Waals surface area contributed by atoms with Gasteiger partial charge in [0, 0.05) is 68.9 Å². The van der Waals surface area contributed by atoms with Gasteiger partial charge >= 0.3 is 51.2 Å². The molecule has 45 valence electrons. The van der Waals surface area contributed by atoms with Crippen molar-refractivity contribution in [1.82, 2.24) is 0 Å². The molecule has 3 radical (unpaired) electrons. The molecule has 7 heteroatoms. The zero-order valence-corrected chi connectivity index (χ0v) is 20.5. The third-order valence-corrected chi connectivity index (χ3v) is 0. The molecule has 0 saturated heterocycles. The SMILES string of the molecule is Br.N=CN.[Cs].[I][Pb][I]. The molecule has 8 heavy (non-hydrogen) atoms. The van der Waals surface area contributed by atoms with Crippen molar-refractivity contribution in [3.63, 3.8) is 0 Å². The average Bonchev–Trinajstić information content (AvgIpc) is 1.39. The first kappa shape index (κ1) is 22.8. The molecule has 0 aliphatic carbocycles. The second kappa shape index (κ2) is 30.1. The molecule has 0 rings (SSSR count). The minimum atomic E-state index is 0. The first-order chi connectivity index (χ1) is 2.83. The second-order valence-electron chi connectivity index (χ2n) is 0.238. The molecule has 0 atom stereocenters. The molecular weight excluding hydrogens is 714 g/mol. The predicted molar refractivity (Wildman–Crippen MR) is 62.8 cm³/mol. The Morgan fingerprint density at radius 3 is 1.50 bits per heavy atom. The van der Waals surface area contributed by atoms with E-state index in [-0.39, 0.29) is 102 Å². The van der Waals surface area contributed by atoms with Gasteiger partial charge in [0.2, 0.25) is 0 Å². The standard InChI is InChI=1S/CH4N2.BrH.Cs.2HI.Pb/c2-1-3;;;;;/h1H,(H3,2,3);1H;;2*1H;/q;;;;;+2/p-2. The van der Waals surface area contributed by atoms with Crippen molar-refractivity contribution in [3.05, 3.63) is 0 Å². The molecular formula is CH5BrCsI2N2Pb. The van der Waals surface area contributed by atoms with Crippen LogP contribution in [0.5, 0.6) is 0 Å². The zero-order chi connectivity index (χ0) is 5.41. The Kier molecular flexibility index (Phi) is 86.0. The van der Waals surface area contributed by atoms with E-state index < -0.39 is 0 Å². The summed E-state index contributed by atoms with van der Waals surface area (Å²) in [7, 11) is 0. The summed E-state index contributed by atoms with van der Waals surface area (Å²) in [6.45, 7) is 0. The summed E-state index contributed by atoms with van der Waals surface area (Å²) in [5.41, 5.74) is 4.39. The van der Waals surface area contributed by atoms with Gasteiger partial charge in [0.25, 0.3) is 0 Å². The molecule has 3 N–H and O–H groups in total. The van der Waals surface area contributed by atoms with Crippen LogP contribution in [0.4, 0.5) is 0 Å². The van der Waals surface area contributed by atoms with Crippen LogP contribution in [0.25, 0.3) is 0 Å². The Morgan fingerprint density at radius 2 is 1.50 bits per heavy atom. The molecule has 2 nitrogen and oxygen atoms in total. The summed E-state index contributed by atoms with van der Waals surface area (Å²) >= 11 is 4.96. The third-order valence-electron chi connectivity index (χ3n) is 0. The quantitative estimate of drug-likeness (QED) is 0.168. The molecule has 0 aromatic heterocycles. The first-order valence-electron chi connectivity index (χ1n) is 1.000. The van der Waals surface area contributed by atoms with Gasteiger partial charge in [-0.05, 0) is 0 Å². The van der Waals surface area contributed by atoms with Crippen LogP contribution < -0.4 is 5.73 Å². The van der Waals surface area contributed by atoms with Gasteiger partial charge in [-0.3, -0.25) is 5.41 Å². The van der Waals surface area contributed by atoms with Crippen LogP contribution in [0.15, 0.2) is 0 Å². The summed E-state index contributed by atoms with van der Waals surface area (Å²) < 4.78 is 0. The van der Waals surface area contributed by atoms with E-state index in [4.69, 9.17) is 5.41 Å². The van der Waals surface area contributed by atoms with Crippen molar-refractivity contribution in [2.75, 3.05) is 0 Å². The monoisotopic (exact) mass is 719 g/mol. The van der Waals surface area contributed by atoms with Crippen molar-refractivity contribution in [3.8, 4) is 0 Å². The molecule has 0 heterocycles. The van der Waals surface area contributed by atoms with E-state index >= 15 is 0 Å². The van der Waals surface area contributed by atoms with E-state index in [1.165, 1.54) is 0 Å². The van der Waals surface area contributed by atoms with E-state index in [0.717, 1.165) is 6.34 Å². The Balaban J connectivity index is -0.0000000160. The average molecular weight is 719 g/mol. The Bertz CT molecular complexity index is 34.0. The summed E-state index contributed by atoms with van der Waals surface area (Å²) in [6.07, 6.45) is 0.750. The maximum absolute atomic E-state index is 5.86. The molecule has 0 amide bonds. The fraction of sp³-hybridized carbons (Fsp3) is 0. The fourth-order valence-corrected chi connectivity index (χ4v) is 0. The van der Waals surface area contributed by atoms with Crippen molar-refractivity contribution in [1.29, 1.82) is 5.41 Å². The van der Waals surface area contributed by atoms with Crippen LogP contribution in [0.1, 0.15) is 0 Å². The van der Waals surface area contributed by atoms with E-state index in [1.807, 2.05) is 0 Å². The van der Waals surface area contributed by atoms with Crippen LogP contribution in [-0.4, -0.2) is 90.9 Å². The number of hydrogen-bond donors (Lipinski definition) is 2. The number of nitrogens with one attached hydrogen (secondary N) is 1. The Morgan fingerprint density at radius 1 is 1.50 bits per heavy atom. The minimum absolute atomic E-state index is 0. The van der Waals surface area contributed by atoms with Crippen molar-refractivity contribution in [2.24, 2.45) is 5.73 Å². The summed E-state index contributed by atoms with van der Waals surface area (Å²) in [6, 6.07) is 0. The summed E-state index contributed by atoms with van der Waals surface area (Å²) in [5, 5.41) is 5.86. The molecule has 0 spiro atoms. The molecule has 0 aliphatic heterocycles. The van der Waals surface area contributed by atoms with E-state index in [9.17, 15) is 0 Å². The van der Waals surface area contributed by atoms with Crippen LogP contribution in [0, 0.1) is 5.41 Å². The van der Waals surface area contributed by atoms with Gasteiger partial charge in [0.15, 0.2) is 0 Å². The summed E-state index contributed by atoms with van der Waals surface area (Å²) in [5.74, 6) is 0. The topological polar surface area (TPSA) is 49.9 Å². The molecule has 0 bridgehead atoms. The van der Waals surface area contributed by atoms with Gasteiger partial charge in [-0.15, -0.1) is 17.0 Å². The molecule has 0 aliphatic rings. The van der Waals surface area contributed by atoms with E-state index in [2.05, 4.69) is 41.3 Å². The fourth-order valence-electron chi connectivity index (χ4n) is 0. The first-order valence-corrected chi connectivity index (χ1v) is 22.9. The number of halogens is 3. The normalized spacial score (nSPS) is 3.75. The van der Waals surface area contributed by atoms with Gasteiger partial charge in [0.1, 0.15) is 0 Å². The van der Waals surface area contributed by atoms with Crippen LogP contribution in [-0.2, 0) is 0 Å². The van der Waals surface area contributed by atoms with Gasteiger partial charge in [-0.2, -0.15) is 0 Å². The Hall–Kier alpha value is 4.38. The number of rotatable bonds is 0. The summed E-state index contributed by atoms with van der Waals surface area (Å²) in [4.78, 5) is 0. The van der Waals surface area contributed by atoms with E-state index in [1.54, 1.807) is 0 Å². The van der Waals surface area contributed by atoms with Gasteiger partial charge < -0.3 is 5.73 Å².